The van der Waals surface area contributed by atoms with Crippen molar-refractivity contribution in [2.75, 3.05) is 37.7 Å². The van der Waals surface area contributed by atoms with Crippen LogP contribution >= 0.6 is 23.2 Å². The van der Waals surface area contributed by atoms with Crippen molar-refractivity contribution in [2.24, 2.45) is 0 Å². The Kier molecular flexibility index (Phi) is 10.3. The van der Waals surface area contributed by atoms with E-state index >= 15 is 0 Å². The number of nitrogens with two attached hydrogens (primary N) is 1. The Hall–Kier alpha value is -2.74. The van der Waals surface area contributed by atoms with Crippen LogP contribution in [0.1, 0.15) is 54.7 Å². The lowest BCUT2D eigenvalue weighted by Gasteiger charge is -2.36. The van der Waals surface area contributed by atoms with E-state index in [0.29, 0.717) is 6.07 Å². The van der Waals surface area contributed by atoms with Gasteiger partial charge in [-0.25, -0.2) is 13.2 Å². The SMILES string of the molecule is CCS(=O)(=O)c1ccc(Cl)cc1CNC(=O)c1cc(C(F)(F)F)c(CN2CCN(C(=O)OC(C)(C)C)CC2)c(Cl)c1N. The predicted molar refractivity (Wildman–Crippen MR) is 154 cm³/mol. The highest BCUT2D eigenvalue weighted by molar-refractivity contribution is 7.91. The number of carbonyl (C=O) groups excluding carboxylic acids is 2. The van der Waals surface area contributed by atoms with Gasteiger partial charge in [-0.2, -0.15) is 13.2 Å². The summed E-state index contributed by atoms with van der Waals surface area (Å²) in [7, 11) is -3.67. The number of alkyl halides is 3. The van der Waals surface area contributed by atoms with Crippen LogP contribution in [0.2, 0.25) is 10.0 Å². The fourth-order valence-electron chi connectivity index (χ4n) is 4.36. The highest BCUT2D eigenvalue weighted by atomic mass is 35.5. The first kappa shape index (κ1) is 33.8. The van der Waals surface area contributed by atoms with Gasteiger partial charge in [-0.1, -0.05) is 30.1 Å². The largest absolute Gasteiger partial charge is 0.444 e. The van der Waals surface area contributed by atoms with E-state index in [9.17, 15) is 31.2 Å². The van der Waals surface area contributed by atoms with Crippen LogP contribution in [0.4, 0.5) is 23.7 Å². The van der Waals surface area contributed by atoms with Crippen molar-refractivity contribution in [1.82, 2.24) is 15.1 Å². The number of rotatable bonds is 7. The molecule has 1 heterocycles. The monoisotopic (exact) mass is 652 g/mol. The lowest BCUT2D eigenvalue weighted by atomic mass is 9.99. The zero-order chi connectivity index (χ0) is 31.6. The van der Waals surface area contributed by atoms with Crippen molar-refractivity contribution in [3.63, 3.8) is 0 Å². The number of nitrogens with one attached hydrogen (secondary N) is 1. The van der Waals surface area contributed by atoms with E-state index in [1.165, 1.54) is 30.0 Å². The highest BCUT2D eigenvalue weighted by Crippen LogP contribution is 2.40. The van der Waals surface area contributed by atoms with Crippen LogP contribution in [0.25, 0.3) is 0 Å². The fraction of sp³-hybridized carbons (Fsp3) is 0.481. The molecule has 15 heteroatoms. The number of amides is 2. The zero-order valence-electron chi connectivity index (χ0n) is 23.6. The average Bonchev–Trinajstić information content (AvgIpc) is 2.88. The van der Waals surface area contributed by atoms with Crippen LogP contribution in [-0.4, -0.2) is 67.8 Å². The van der Waals surface area contributed by atoms with Gasteiger partial charge >= 0.3 is 12.3 Å². The van der Waals surface area contributed by atoms with Crippen molar-refractivity contribution >= 4 is 50.7 Å². The normalized spacial score (nSPS) is 15.0. The van der Waals surface area contributed by atoms with Crippen molar-refractivity contribution in [1.29, 1.82) is 0 Å². The Morgan fingerprint density at radius 2 is 1.69 bits per heavy atom. The Balaban J connectivity index is 1.83. The van der Waals surface area contributed by atoms with Crippen LogP contribution in [0.3, 0.4) is 0 Å². The molecule has 0 bridgehead atoms. The van der Waals surface area contributed by atoms with Gasteiger partial charge in [-0.05, 0) is 56.2 Å². The summed E-state index contributed by atoms with van der Waals surface area (Å²) in [6, 6.07) is 4.69. The molecule has 1 aliphatic heterocycles. The average molecular weight is 654 g/mol. The van der Waals surface area contributed by atoms with E-state index in [1.807, 2.05) is 0 Å². The van der Waals surface area contributed by atoms with Gasteiger partial charge in [-0.3, -0.25) is 9.69 Å². The molecule has 2 aromatic carbocycles. The molecule has 1 fully saturated rings. The zero-order valence-corrected chi connectivity index (χ0v) is 25.9. The van der Waals surface area contributed by atoms with Gasteiger partial charge in [0.1, 0.15) is 5.60 Å². The third-order valence-corrected chi connectivity index (χ3v) is 9.03. The van der Waals surface area contributed by atoms with Crippen molar-refractivity contribution in [3.05, 3.63) is 56.6 Å². The predicted octanol–water partition coefficient (Wildman–Crippen LogP) is 5.37. The molecule has 9 nitrogen and oxygen atoms in total. The van der Waals surface area contributed by atoms with Gasteiger partial charge in [0.05, 0.1) is 32.5 Å². The topological polar surface area (TPSA) is 122 Å². The smallest absolute Gasteiger partial charge is 0.416 e. The first-order valence-electron chi connectivity index (χ1n) is 13.0. The molecular formula is C27H33Cl2F3N4O5S. The van der Waals surface area contributed by atoms with E-state index in [4.69, 9.17) is 33.7 Å². The first-order chi connectivity index (χ1) is 19.3. The number of sulfone groups is 1. The Labute approximate surface area is 253 Å². The number of nitrogens with zero attached hydrogens (tertiary/aromatic N) is 2. The molecule has 0 aromatic heterocycles. The minimum atomic E-state index is -4.87. The van der Waals surface area contributed by atoms with Gasteiger partial charge in [0.25, 0.3) is 5.91 Å². The third-order valence-electron chi connectivity index (χ3n) is 6.54. The van der Waals surface area contributed by atoms with Gasteiger partial charge in [0.15, 0.2) is 9.84 Å². The molecule has 2 amide bonds. The van der Waals surface area contributed by atoms with Gasteiger partial charge in [0, 0.05) is 44.3 Å². The van der Waals surface area contributed by atoms with Gasteiger partial charge in [0.2, 0.25) is 0 Å². The van der Waals surface area contributed by atoms with Crippen LogP contribution in [0, 0.1) is 0 Å². The second-order valence-corrected chi connectivity index (χ2v) is 13.8. The number of halogens is 5. The van der Waals surface area contributed by atoms with Crippen LogP contribution in [0.5, 0.6) is 0 Å². The molecule has 3 rings (SSSR count). The summed E-state index contributed by atoms with van der Waals surface area (Å²) in [4.78, 5) is 28.5. The summed E-state index contributed by atoms with van der Waals surface area (Å²) in [6.45, 7) is 7.11. The molecule has 1 saturated heterocycles. The highest BCUT2D eigenvalue weighted by Gasteiger charge is 2.37. The molecule has 0 radical (unpaired) electrons. The second kappa shape index (κ2) is 12.9. The van der Waals surface area contributed by atoms with E-state index in [1.54, 1.807) is 25.7 Å². The minimum absolute atomic E-state index is 0.0567. The summed E-state index contributed by atoms with van der Waals surface area (Å²) in [5, 5.41) is 2.23. The Morgan fingerprint density at radius 1 is 1.07 bits per heavy atom. The second-order valence-electron chi connectivity index (χ2n) is 10.8. The molecule has 1 aliphatic rings. The molecule has 0 spiro atoms. The summed E-state index contributed by atoms with van der Waals surface area (Å²) < 4.78 is 72.9. The maximum absolute atomic E-state index is 14.2. The van der Waals surface area contributed by atoms with Crippen molar-refractivity contribution in [3.8, 4) is 0 Å². The summed E-state index contributed by atoms with van der Waals surface area (Å²) in [5.41, 5.74) is 3.28. The molecular weight excluding hydrogens is 620 g/mol. The number of nitrogen functional groups attached to an aromatic ring is 1. The molecule has 0 unspecified atom stereocenters. The summed E-state index contributed by atoms with van der Waals surface area (Å²) in [5.74, 6) is -1.18. The Bertz CT molecular complexity index is 1460. The van der Waals surface area contributed by atoms with Gasteiger partial charge < -0.3 is 20.7 Å². The molecule has 0 saturated carbocycles. The van der Waals surface area contributed by atoms with Gasteiger partial charge in [-0.15, -0.1) is 0 Å². The number of ether oxygens (including phenoxy) is 1. The minimum Gasteiger partial charge on any atom is -0.444 e. The van der Waals surface area contributed by atoms with E-state index in [2.05, 4.69) is 5.32 Å². The summed E-state index contributed by atoms with van der Waals surface area (Å²) >= 11 is 12.4. The quantitative estimate of drug-likeness (QED) is 0.386. The third kappa shape index (κ3) is 8.21. The van der Waals surface area contributed by atoms with Crippen LogP contribution in [-0.2, 0) is 33.8 Å². The molecule has 0 atom stereocenters. The van der Waals surface area contributed by atoms with Crippen LogP contribution in [0.15, 0.2) is 29.2 Å². The number of hydrogen-bond donors (Lipinski definition) is 2. The molecule has 2 aromatic rings. The lowest BCUT2D eigenvalue weighted by Crippen LogP contribution is -2.49. The molecule has 3 N–H and O–H groups in total. The Morgan fingerprint density at radius 3 is 2.24 bits per heavy atom. The van der Waals surface area contributed by atoms with E-state index < -0.39 is 49.8 Å². The number of hydrogen-bond acceptors (Lipinski definition) is 7. The standard InChI is InChI=1S/C27H33Cl2F3N4O5S/c1-5-42(39,40)21-7-6-17(28)12-16(21)14-34-24(37)18-13-20(27(30,31)32)19(22(29)23(18)33)15-35-8-10-36(11-9-35)25(38)41-26(2,3)4/h6-7,12-13H,5,8-11,14-15,33H2,1-4H3,(H,34,37). The number of benzene rings is 2. The van der Waals surface area contributed by atoms with Crippen LogP contribution < -0.4 is 11.1 Å². The lowest BCUT2D eigenvalue weighted by molar-refractivity contribution is -0.138. The number of piperazine rings is 1. The molecule has 42 heavy (non-hydrogen) atoms. The molecule has 232 valence electrons. The summed E-state index contributed by atoms with van der Waals surface area (Å²) in [6.07, 6.45) is -5.37. The fourth-order valence-corrected chi connectivity index (χ4v) is 5.93. The first-order valence-corrected chi connectivity index (χ1v) is 15.4. The van der Waals surface area contributed by atoms with Crippen molar-refractivity contribution in [2.45, 2.75) is 57.5 Å². The van der Waals surface area contributed by atoms with E-state index in [-0.39, 0.29) is 71.8 Å². The van der Waals surface area contributed by atoms with E-state index in [0.717, 1.165) is 0 Å². The maximum Gasteiger partial charge on any atom is 0.416 e. The number of anilines is 1. The van der Waals surface area contributed by atoms with Crippen molar-refractivity contribution < 1.29 is 35.9 Å². The maximum atomic E-state index is 14.2. The number of carbonyl (C=O) groups is 2. The molecule has 0 aliphatic carbocycles.